The average Bonchev–Trinajstić information content (AvgIpc) is 2.62. The van der Waals surface area contributed by atoms with Gasteiger partial charge in [0, 0.05) is 12.5 Å². The number of methoxy groups -OCH3 is 1. The molecule has 0 spiro atoms. The topological polar surface area (TPSA) is 73.0 Å². The van der Waals surface area contributed by atoms with E-state index in [1.165, 1.54) is 0 Å². The third-order valence-electron chi connectivity index (χ3n) is 3.10. The number of carbonyl (C=O) groups is 1. The molecule has 102 valence electrons. The van der Waals surface area contributed by atoms with E-state index in [9.17, 15) is 4.79 Å². The molecule has 0 fully saturated rings. The molecule has 5 nitrogen and oxygen atoms in total. The number of benzene rings is 1. The maximum absolute atomic E-state index is 11.2. The number of hydrogen-bond acceptors (Lipinski definition) is 3. The first-order chi connectivity index (χ1) is 8.85. The van der Waals surface area contributed by atoms with Crippen molar-refractivity contribution >= 4 is 29.2 Å². The number of amides is 1. The van der Waals surface area contributed by atoms with Gasteiger partial charge in [-0.1, -0.05) is 0 Å². The highest BCUT2D eigenvalue weighted by Gasteiger charge is 2.25. The summed E-state index contributed by atoms with van der Waals surface area (Å²) in [6.45, 7) is 3.86. The molecule has 19 heavy (non-hydrogen) atoms. The fourth-order valence-electron chi connectivity index (χ4n) is 2.32. The molecular weight excluding hydrogens is 262 g/mol. The van der Waals surface area contributed by atoms with E-state index in [2.05, 4.69) is 4.98 Å². The summed E-state index contributed by atoms with van der Waals surface area (Å²) in [6, 6.07) is 5.66. The molecule has 0 radical (unpaired) electrons. The maximum atomic E-state index is 11.2. The zero-order valence-electron chi connectivity index (χ0n) is 11.2. The fraction of sp³-hybridized carbons (Fsp3) is 0.385. The van der Waals surface area contributed by atoms with Gasteiger partial charge in [0.1, 0.15) is 5.75 Å². The van der Waals surface area contributed by atoms with Crippen LogP contribution in [0.5, 0.6) is 5.75 Å². The third-order valence-corrected chi connectivity index (χ3v) is 3.39. The third kappa shape index (κ3) is 2.49. The van der Waals surface area contributed by atoms with Gasteiger partial charge in [0.25, 0.3) is 0 Å². The molecule has 1 heterocycles. The van der Waals surface area contributed by atoms with Crippen LogP contribution in [0.1, 0.15) is 20.3 Å². The van der Waals surface area contributed by atoms with Crippen molar-refractivity contribution in [3.63, 3.8) is 0 Å². The standard InChI is InChI=1S/C13H17N3O2S/c1-13(2,7-11(14)17)16-10-6-8(18-3)4-5-9(10)15-12(16)19/h4-6H,7H2,1-3H3,(H2,14,17)(H,15,19). The van der Waals surface area contributed by atoms with Crippen molar-refractivity contribution < 1.29 is 9.53 Å². The first-order valence-electron chi connectivity index (χ1n) is 5.93. The smallest absolute Gasteiger partial charge is 0.219 e. The Bertz CT molecular complexity index is 685. The number of primary amides is 1. The van der Waals surface area contributed by atoms with Crippen LogP contribution in [-0.2, 0) is 10.3 Å². The summed E-state index contributed by atoms with van der Waals surface area (Å²) in [5.74, 6) is 0.384. The van der Waals surface area contributed by atoms with Crippen LogP contribution in [0.4, 0.5) is 0 Å². The Morgan fingerprint density at radius 3 is 2.79 bits per heavy atom. The van der Waals surface area contributed by atoms with E-state index >= 15 is 0 Å². The monoisotopic (exact) mass is 279 g/mol. The van der Waals surface area contributed by atoms with Crippen LogP contribution in [0, 0.1) is 4.77 Å². The van der Waals surface area contributed by atoms with Crippen molar-refractivity contribution in [1.29, 1.82) is 0 Å². The number of hydrogen-bond donors (Lipinski definition) is 2. The Morgan fingerprint density at radius 1 is 1.53 bits per heavy atom. The second-order valence-corrected chi connectivity index (χ2v) is 5.49. The fourth-order valence-corrected chi connectivity index (χ4v) is 2.77. The largest absolute Gasteiger partial charge is 0.497 e. The molecule has 1 aromatic carbocycles. The van der Waals surface area contributed by atoms with E-state index in [1.807, 2.05) is 36.6 Å². The predicted octanol–water partition coefficient (Wildman–Crippen LogP) is 2.32. The molecule has 0 aliphatic heterocycles. The molecule has 2 rings (SSSR count). The summed E-state index contributed by atoms with van der Waals surface area (Å²) in [5, 5.41) is 0. The van der Waals surface area contributed by atoms with Crippen LogP contribution in [0.2, 0.25) is 0 Å². The number of nitrogens with two attached hydrogens (primary N) is 1. The van der Waals surface area contributed by atoms with E-state index in [4.69, 9.17) is 22.7 Å². The number of imidazole rings is 1. The van der Waals surface area contributed by atoms with E-state index in [0.29, 0.717) is 4.77 Å². The van der Waals surface area contributed by atoms with E-state index in [0.717, 1.165) is 16.8 Å². The molecule has 3 N–H and O–H groups in total. The molecule has 0 unspecified atom stereocenters. The van der Waals surface area contributed by atoms with Crippen LogP contribution in [0.3, 0.4) is 0 Å². The van der Waals surface area contributed by atoms with Gasteiger partial charge in [0.15, 0.2) is 4.77 Å². The van der Waals surface area contributed by atoms with Gasteiger partial charge in [-0.05, 0) is 38.2 Å². The number of nitrogens with one attached hydrogen (secondary N) is 1. The molecule has 0 atom stereocenters. The molecule has 6 heteroatoms. The first-order valence-corrected chi connectivity index (χ1v) is 6.33. The second kappa shape index (κ2) is 4.70. The maximum Gasteiger partial charge on any atom is 0.219 e. The molecule has 0 aliphatic rings. The van der Waals surface area contributed by atoms with Crippen molar-refractivity contribution in [2.24, 2.45) is 5.73 Å². The summed E-state index contributed by atoms with van der Waals surface area (Å²) in [4.78, 5) is 14.3. The summed E-state index contributed by atoms with van der Waals surface area (Å²) in [7, 11) is 1.61. The van der Waals surface area contributed by atoms with Crippen LogP contribution in [0.25, 0.3) is 11.0 Å². The number of H-pyrrole nitrogens is 1. The number of nitrogens with zero attached hydrogens (tertiary/aromatic N) is 1. The number of rotatable bonds is 4. The van der Waals surface area contributed by atoms with Gasteiger partial charge in [0.2, 0.25) is 5.91 Å². The summed E-state index contributed by atoms with van der Waals surface area (Å²) in [6.07, 6.45) is 0.214. The Hall–Kier alpha value is -1.82. The van der Waals surface area contributed by atoms with Crippen molar-refractivity contribution in [2.45, 2.75) is 25.8 Å². The van der Waals surface area contributed by atoms with E-state index in [-0.39, 0.29) is 12.3 Å². The molecule has 1 aromatic heterocycles. The lowest BCUT2D eigenvalue weighted by Gasteiger charge is -2.26. The summed E-state index contributed by atoms with van der Waals surface area (Å²) >= 11 is 5.35. The summed E-state index contributed by atoms with van der Waals surface area (Å²) in [5.41, 5.74) is 6.63. The lowest BCUT2D eigenvalue weighted by atomic mass is 9.99. The van der Waals surface area contributed by atoms with E-state index in [1.54, 1.807) is 7.11 Å². The Kier molecular flexibility index (Phi) is 3.36. The minimum atomic E-state index is -0.493. The normalized spacial score (nSPS) is 11.7. The first kappa shape index (κ1) is 13.6. The van der Waals surface area contributed by atoms with Gasteiger partial charge < -0.3 is 20.0 Å². The van der Waals surface area contributed by atoms with Gasteiger partial charge in [-0.2, -0.15) is 0 Å². The number of fused-ring (bicyclic) bond motifs is 1. The van der Waals surface area contributed by atoms with Crippen molar-refractivity contribution in [3.05, 3.63) is 23.0 Å². The zero-order chi connectivity index (χ0) is 14.2. The van der Waals surface area contributed by atoms with Crippen molar-refractivity contribution in [3.8, 4) is 5.75 Å². The van der Waals surface area contributed by atoms with Crippen LogP contribution in [-0.4, -0.2) is 22.6 Å². The molecule has 1 amide bonds. The van der Waals surface area contributed by atoms with Crippen LogP contribution < -0.4 is 10.5 Å². The van der Waals surface area contributed by atoms with Gasteiger partial charge in [-0.15, -0.1) is 0 Å². The van der Waals surface area contributed by atoms with Crippen LogP contribution in [0.15, 0.2) is 18.2 Å². The molecule has 2 aromatic rings. The van der Waals surface area contributed by atoms with Gasteiger partial charge >= 0.3 is 0 Å². The molecular formula is C13H17N3O2S. The number of aromatic amines is 1. The Morgan fingerprint density at radius 2 is 2.21 bits per heavy atom. The lowest BCUT2D eigenvalue weighted by molar-refractivity contribution is -0.119. The molecule has 0 saturated heterocycles. The van der Waals surface area contributed by atoms with Gasteiger partial charge in [-0.25, -0.2) is 0 Å². The van der Waals surface area contributed by atoms with Crippen molar-refractivity contribution in [1.82, 2.24) is 9.55 Å². The zero-order valence-corrected chi connectivity index (χ0v) is 12.0. The molecule has 0 bridgehead atoms. The minimum absolute atomic E-state index is 0.214. The number of aromatic nitrogens is 2. The lowest BCUT2D eigenvalue weighted by Crippen LogP contribution is -2.32. The van der Waals surface area contributed by atoms with Gasteiger partial charge in [0.05, 0.1) is 23.7 Å². The Balaban J connectivity index is 2.68. The highest BCUT2D eigenvalue weighted by Crippen LogP contribution is 2.28. The quantitative estimate of drug-likeness (QED) is 0.844. The number of ether oxygens (including phenoxy) is 1. The minimum Gasteiger partial charge on any atom is -0.497 e. The van der Waals surface area contributed by atoms with Crippen molar-refractivity contribution in [2.75, 3.05) is 7.11 Å². The van der Waals surface area contributed by atoms with E-state index < -0.39 is 5.54 Å². The average molecular weight is 279 g/mol. The highest BCUT2D eigenvalue weighted by atomic mass is 32.1. The number of carbonyl (C=O) groups excluding carboxylic acids is 1. The predicted molar refractivity (Wildman–Crippen MR) is 76.8 cm³/mol. The molecule has 0 saturated carbocycles. The van der Waals surface area contributed by atoms with Crippen LogP contribution >= 0.6 is 12.2 Å². The van der Waals surface area contributed by atoms with Gasteiger partial charge in [-0.3, -0.25) is 4.79 Å². The summed E-state index contributed by atoms with van der Waals surface area (Å²) < 4.78 is 7.70. The Labute approximate surface area is 116 Å². The SMILES string of the molecule is COc1ccc2[nH]c(=S)n(C(C)(C)CC(N)=O)c2c1. The molecule has 0 aliphatic carbocycles. The second-order valence-electron chi connectivity index (χ2n) is 5.10. The highest BCUT2D eigenvalue weighted by molar-refractivity contribution is 7.71.